The topological polar surface area (TPSA) is 66.6 Å². The van der Waals surface area contributed by atoms with Gasteiger partial charge in [0.05, 0.1) is 5.92 Å². The number of halogens is 1. The number of likely N-dealkylation sites (tertiary alicyclic amines) is 2. The summed E-state index contributed by atoms with van der Waals surface area (Å²) in [6.45, 7) is 2.96. The van der Waals surface area contributed by atoms with E-state index in [0.29, 0.717) is 23.9 Å². The lowest BCUT2D eigenvalue weighted by molar-refractivity contribution is -0.136. The third-order valence-electron chi connectivity index (χ3n) is 6.30. The van der Waals surface area contributed by atoms with Crippen LogP contribution >= 0.6 is 12.4 Å². The molecule has 1 saturated carbocycles. The van der Waals surface area contributed by atoms with Crippen molar-refractivity contribution in [2.75, 3.05) is 26.2 Å². The quantitative estimate of drug-likeness (QED) is 0.858. The molecule has 0 aromatic heterocycles. The van der Waals surface area contributed by atoms with Crippen molar-refractivity contribution in [3.05, 3.63) is 35.9 Å². The molecule has 142 valence electrons. The van der Waals surface area contributed by atoms with Crippen molar-refractivity contribution in [3.8, 4) is 0 Å². The van der Waals surface area contributed by atoms with E-state index in [1.807, 2.05) is 40.1 Å². The van der Waals surface area contributed by atoms with Gasteiger partial charge in [0.25, 0.3) is 5.91 Å². The Morgan fingerprint density at radius 1 is 0.962 bits per heavy atom. The van der Waals surface area contributed by atoms with E-state index in [1.165, 1.54) is 0 Å². The van der Waals surface area contributed by atoms with E-state index in [2.05, 4.69) is 0 Å². The fraction of sp³-hybridized carbons (Fsp3) is 0.600. The Bertz CT molecular complexity index is 654. The second-order valence-electron chi connectivity index (χ2n) is 7.86. The highest BCUT2D eigenvalue weighted by Crippen LogP contribution is 2.38. The summed E-state index contributed by atoms with van der Waals surface area (Å²) in [5.41, 5.74) is 6.90. The van der Waals surface area contributed by atoms with E-state index in [9.17, 15) is 9.59 Å². The summed E-state index contributed by atoms with van der Waals surface area (Å²) in [4.78, 5) is 29.5. The van der Waals surface area contributed by atoms with E-state index >= 15 is 0 Å². The minimum atomic E-state index is -0.0588. The lowest BCUT2D eigenvalue weighted by atomic mass is 9.95. The maximum Gasteiger partial charge on any atom is 0.253 e. The van der Waals surface area contributed by atoms with Crippen molar-refractivity contribution in [2.24, 2.45) is 23.5 Å². The van der Waals surface area contributed by atoms with Crippen LogP contribution in [0.15, 0.2) is 30.3 Å². The van der Waals surface area contributed by atoms with E-state index in [-0.39, 0.29) is 36.2 Å². The number of nitrogens with two attached hydrogens (primary N) is 1. The SMILES string of the molecule is Cl.NC1CCC2CN(C(=O)C3CCCN(C(=O)c4ccccc4)C3)CC12. The first-order valence-electron chi connectivity index (χ1n) is 9.52. The van der Waals surface area contributed by atoms with Crippen molar-refractivity contribution in [1.82, 2.24) is 9.80 Å². The third-order valence-corrected chi connectivity index (χ3v) is 6.30. The van der Waals surface area contributed by atoms with Crippen LogP contribution < -0.4 is 5.73 Å². The van der Waals surface area contributed by atoms with Gasteiger partial charge in [0.15, 0.2) is 0 Å². The molecule has 2 aliphatic heterocycles. The molecule has 6 heteroatoms. The van der Waals surface area contributed by atoms with Crippen molar-refractivity contribution < 1.29 is 9.59 Å². The van der Waals surface area contributed by atoms with Gasteiger partial charge in [0.2, 0.25) is 5.91 Å². The number of fused-ring (bicyclic) bond motifs is 1. The monoisotopic (exact) mass is 377 g/mol. The van der Waals surface area contributed by atoms with Crippen LogP contribution in [0, 0.1) is 17.8 Å². The van der Waals surface area contributed by atoms with E-state index in [1.54, 1.807) is 0 Å². The lowest BCUT2D eigenvalue weighted by Gasteiger charge is -2.34. The zero-order chi connectivity index (χ0) is 17.4. The van der Waals surface area contributed by atoms with Crippen LogP contribution in [0.4, 0.5) is 0 Å². The molecule has 4 unspecified atom stereocenters. The Labute approximate surface area is 161 Å². The first-order chi connectivity index (χ1) is 12.1. The Hall–Kier alpha value is -1.59. The van der Waals surface area contributed by atoms with Gasteiger partial charge in [-0.3, -0.25) is 9.59 Å². The molecule has 26 heavy (non-hydrogen) atoms. The summed E-state index contributed by atoms with van der Waals surface area (Å²) in [6, 6.07) is 9.62. The molecule has 2 saturated heterocycles. The van der Waals surface area contributed by atoms with Crippen LogP contribution in [0.5, 0.6) is 0 Å². The highest BCUT2D eigenvalue weighted by atomic mass is 35.5. The van der Waals surface area contributed by atoms with Crippen LogP contribution in [-0.2, 0) is 4.79 Å². The zero-order valence-electron chi connectivity index (χ0n) is 15.0. The molecule has 5 nitrogen and oxygen atoms in total. The average Bonchev–Trinajstić information content (AvgIpc) is 3.23. The zero-order valence-corrected chi connectivity index (χ0v) is 15.9. The molecule has 1 aliphatic carbocycles. The number of piperidine rings is 1. The molecule has 2 heterocycles. The number of nitrogens with zero attached hydrogens (tertiary/aromatic N) is 2. The van der Waals surface area contributed by atoms with Crippen LogP contribution in [0.25, 0.3) is 0 Å². The number of carbonyl (C=O) groups is 2. The molecule has 1 aromatic rings. The minimum absolute atomic E-state index is 0. The Balaban J connectivity index is 0.00000196. The first kappa shape index (κ1) is 19.2. The molecule has 4 rings (SSSR count). The second kappa shape index (κ2) is 7.97. The molecule has 3 fully saturated rings. The van der Waals surface area contributed by atoms with Gasteiger partial charge in [-0.2, -0.15) is 0 Å². The van der Waals surface area contributed by atoms with Gasteiger partial charge >= 0.3 is 0 Å². The molecule has 2 amide bonds. The molecular formula is C20H28ClN3O2. The number of hydrogen-bond donors (Lipinski definition) is 1. The summed E-state index contributed by atoms with van der Waals surface area (Å²) < 4.78 is 0. The average molecular weight is 378 g/mol. The van der Waals surface area contributed by atoms with Crippen LogP contribution in [0.3, 0.4) is 0 Å². The first-order valence-corrected chi connectivity index (χ1v) is 9.52. The van der Waals surface area contributed by atoms with Gasteiger partial charge in [0.1, 0.15) is 0 Å². The molecule has 0 spiro atoms. The molecule has 3 aliphatic rings. The van der Waals surface area contributed by atoms with E-state index in [4.69, 9.17) is 5.73 Å². The van der Waals surface area contributed by atoms with Crippen molar-refractivity contribution in [1.29, 1.82) is 0 Å². The normalized spacial score (nSPS) is 30.7. The molecule has 2 N–H and O–H groups in total. The molecular weight excluding hydrogens is 350 g/mol. The Kier molecular flexibility index (Phi) is 5.88. The number of benzene rings is 1. The Morgan fingerprint density at radius 3 is 2.46 bits per heavy atom. The van der Waals surface area contributed by atoms with Crippen LogP contribution in [0.2, 0.25) is 0 Å². The summed E-state index contributed by atoms with van der Waals surface area (Å²) in [7, 11) is 0. The highest BCUT2D eigenvalue weighted by Gasteiger charge is 2.44. The van der Waals surface area contributed by atoms with Crippen LogP contribution in [0.1, 0.15) is 36.0 Å². The minimum Gasteiger partial charge on any atom is -0.342 e. The molecule has 1 aromatic carbocycles. The van der Waals surface area contributed by atoms with Gasteiger partial charge in [-0.15, -0.1) is 12.4 Å². The largest absolute Gasteiger partial charge is 0.342 e. The van der Waals surface area contributed by atoms with Crippen molar-refractivity contribution in [3.63, 3.8) is 0 Å². The fourth-order valence-corrected chi connectivity index (χ4v) is 4.87. The Morgan fingerprint density at radius 2 is 1.73 bits per heavy atom. The second-order valence-corrected chi connectivity index (χ2v) is 7.86. The smallest absolute Gasteiger partial charge is 0.253 e. The number of amides is 2. The highest BCUT2D eigenvalue weighted by molar-refractivity contribution is 5.94. The van der Waals surface area contributed by atoms with Gasteiger partial charge in [0, 0.05) is 37.8 Å². The third kappa shape index (κ3) is 3.60. The van der Waals surface area contributed by atoms with Gasteiger partial charge in [-0.05, 0) is 49.7 Å². The van der Waals surface area contributed by atoms with Crippen LogP contribution in [-0.4, -0.2) is 53.8 Å². The number of carbonyl (C=O) groups excluding carboxylic acids is 2. The van der Waals surface area contributed by atoms with Gasteiger partial charge in [-0.25, -0.2) is 0 Å². The maximum absolute atomic E-state index is 13.0. The lowest BCUT2D eigenvalue weighted by Crippen LogP contribution is -2.46. The molecule has 0 radical (unpaired) electrons. The molecule has 0 bridgehead atoms. The summed E-state index contributed by atoms with van der Waals surface area (Å²) >= 11 is 0. The predicted molar refractivity (Wildman–Crippen MR) is 103 cm³/mol. The summed E-state index contributed by atoms with van der Waals surface area (Å²) in [6.07, 6.45) is 4.03. The fourth-order valence-electron chi connectivity index (χ4n) is 4.87. The van der Waals surface area contributed by atoms with E-state index in [0.717, 1.165) is 45.3 Å². The van der Waals surface area contributed by atoms with Gasteiger partial charge < -0.3 is 15.5 Å². The van der Waals surface area contributed by atoms with Gasteiger partial charge in [-0.1, -0.05) is 18.2 Å². The van der Waals surface area contributed by atoms with E-state index < -0.39 is 0 Å². The number of rotatable bonds is 2. The van der Waals surface area contributed by atoms with Crippen molar-refractivity contribution >= 4 is 24.2 Å². The summed E-state index contributed by atoms with van der Waals surface area (Å²) in [5, 5.41) is 0. The molecule has 4 atom stereocenters. The predicted octanol–water partition coefficient (Wildman–Crippen LogP) is 2.16. The number of hydrogen-bond acceptors (Lipinski definition) is 3. The van der Waals surface area contributed by atoms with Crippen molar-refractivity contribution in [2.45, 2.75) is 31.7 Å². The maximum atomic E-state index is 13.0. The summed E-state index contributed by atoms with van der Waals surface area (Å²) in [5.74, 6) is 1.28. The standard InChI is InChI=1S/C20H27N3O2.ClH/c21-18-9-8-15-11-23(13-17(15)18)20(25)16-7-4-10-22(12-16)19(24)14-5-2-1-3-6-14;/h1-3,5-6,15-18H,4,7-13,21H2;1H.